The van der Waals surface area contributed by atoms with Gasteiger partial charge in [-0.05, 0) is 19.1 Å². The molecule has 1 aromatic carbocycles. The van der Waals surface area contributed by atoms with Crippen molar-refractivity contribution < 1.29 is 14.8 Å². The lowest BCUT2D eigenvalue weighted by molar-refractivity contribution is -0.385. The summed E-state index contributed by atoms with van der Waals surface area (Å²) in [5, 5.41) is 19.6. The normalized spacial score (nSPS) is 12.2. The molecule has 0 aliphatic rings. The molecule has 81 valence electrons. The molecular formula is C10H12NO4. The molecule has 1 rings (SSSR count). The zero-order valence-electron chi connectivity index (χ0n) is 8.34. The lowest BCUT2D eigenvalue weighted by Crippen LogP contribution is -2.04. The molecule has 0 heterocycles. The van der Waals surface area contributed by atoms with Crippen LogP contribution in [0.1, 0.15) is 11.5 Å². The van der Waals surface area contributed by atoms with E-state index in [1.54, 1.807) is 0 Å². The number of methoxy groups -OCH3 is 1. The van der Waals surface area contributed by atoms with E-state index in [1.165, 1.54) is 25.3 Å². The van der Waals surface area contributed by atoms with Gasteiger partial charge in [0.1, 0.15) is 5.75 Å². The van der Waals surface area contributed by atoms with Crippen LogP contribution in [0.5, 0.6) is 5.75 Å². The van der Waals surface area contributed by atoms with E-state index in [0.29, 0.717) is 11.3 Å². The Morgan fingerprint density at radius 3 is 2.80 bits per heavy atom. The van der Waals surface area contributed by atoms with Gasteiger partial charge in [-0.25, -0.2) is 0 Å². The Kier molecular flexibility index (Phi) is 3.62. The smallest absolute Gasteiger partial charge is 0.273 e. The average Bonchev–Trinajstić information content (AvgIpc) is 2.26. The van der Waals surface area contributed by atoms with E-state index in [9.17, 15) is 10.1 Å². The van der Waals surface area contributed by atoms with E-state index in [2.05, 4.69) is 6.92 Å². The molecule has 15 heavy (non-hydrogen) atoms. The van der Waals surface area contributed by atoms with Crippen molar-refractivity contribution in [3.63, 3.8) is 0 Å². The lowest BCUT2D eigenvalue weighted by atomic mass is 10.00. The second kappa shape index (κ2) is 4.75. The van der Waals surface area contributed by atoms with Crippen LogP contribution in [0, 0.1) is 17.0 Å². The fourth-order valence-corrected chi connectivity index (χ4v) is 1.25. The van der Waals surface area contributed by atoms with Crippen molar-refractivity contribution in [3.8, 4) is 5.75 Å². The third kappa shape index (κ3) is 2.44. The number of nitro groups is 1. The SMILES string of the molecule is [CH2]C(CO)c1cc(OC)ccc1[N+](=O)[O-]. The van der Waals surface area contributed by atoms with Gasteiger partial charge in [-0.1, -0.05) is 0 Å². The lowest BCUT2D eigenvalue weighted by Gasteiger charge is -2.10. The summed E-state index contributed by atoms with van der Waals surface area (Å²) in [4.78, 5) is 10.2. The van der Waals surface area contributed by atoms with Crippen molar-refractivity contribution in [2.45, 2.75) is 5.92 Å². The van der Waals surface area contributed by atoms with Crippen LogP contribution in [0.25, 0.3) is 0 Å². The Labute approximate surface area is 87.5 Å². The number of rotatable bonds is 4. The van der Waals surface area contributed by atoms with Gasteiger partial charge in [0.25, 0.3) is 5.69 Å². The zero-order valence-corrected chi connectivity index (χ0v) is 8.34. The first-order valence-corrected chi connectivity index (χ1v) is 4.36. The van der Waals surface area contributed by atoms with Crippen LogP contribution in [0.3, 0.4) is 0 Å². The largest absolute Gasteiger partial charge is 0.497 e. The number of ether oxygens (including phenoxy) is 1. The van der Waals surface area contributed by atoms with Gasteiger partial charge < -0.3 is 9.84 Å². The summed E-state index contributed by atoms with van der Waals surface area (Å²) < 4.78 is 4.95. The van der Waals surface area contributed by atoms with Crippen LogP contribution >= 0.6 is 0 Å². The van der Waals surface area contributed by atoms with Crippen LogP contribution in [-0.2, 0) is 0 Å². The zero-order chi connectivity index (χ0) is 11.4. The van der Waals surface area contributed by atoms with Crippen molar-refractivity contribution in [2.75, 3.05) is 13.7 Å². The van der Waals surface area contributed by atoms with E-state index in [-0.39, 0.29) is 12.3 Å². The number of benzene rings is 1. The molecule has 0 bridgehead atoms. The Morgan fingerprint density at radius 1 is 1.67 bits per heavy atom. The highest BCUT2D eigenvalue weighted by Gasteiger charge is 2.19. The first-order chi connectivity index (χ1) is 7.10. The van der Waals surface area contributed by atoms with Gasteiger partial charge in [-0.2, -0.15) is 0 Å². The molecule has 0 saturated carbocycles. The molecule has 5 heteroatoms. The highest BCUT2D eigenvalue weighted by molar-refractivity contribution is 5.47. The monoisotopic (exact) mass is 210 g/mol. The quantitative estimate of drug-likeness (QED) is 0.604. The Morgan fingerprint density at radius 2 is 2.33 bits per heavy atom. The molecule has 5 nitrogen and oxygen atoms in total. The summed E-state index contributed by atoms with van der Waals surface area (Å²) >= 11 is 0. The first kappa shape index (κ1) is 11.5. The molecule has 1 atom stereocenters. The molecule has 1 N–H and O–H groups in total. The van der Waals surface area contributed by atoms with Gasteiger partial charge in [0.05, 0.1) is 18.6 Å². The molecule has 1 aromatic rings. The minimum Gasteiger partial charge on any atom is -0.497 e. The third-order valence-corrected chi connectivity index (χ3v) is 2.09. The highest BCUT2D eigenvalue weighted by atomic mass is 16.6. The summed E-state index contributed by atoms with van der Waals surface area (Å²) in [6, 6.07) is 4.37. The van der Waals surface area contributed by atoms with Crippen molar-refractivity contribution in [1.29, 1.82) is 0 Å². The van der Waals surface area contributed by atoms with Crippen LogP contribution in [0.4, 0.5) is 5.69 Å². The summed E-state index contributed by atoms with van der Waals surface area (Å²) in [6.45, 7) is 3.39. The number of nitro benzene ring substituents is 1. The van der Waals surface area contributed by atoms with Crippen LogP contribution < -0.4 is 4.74 Å². The van der Waals surface area contributed by atoms with E-state index in [4.69, 9.17) is 9.84 Å². The summed E-state index contributed by atoms with van der Waals surface area (Å²) in [5.41, 5.74) is 0.326. The number of hydrogen-bond acceptors (Lipinski definition) is 4. The van der Waals surface area contributed by atoms with Crippen LogP contribution in [-0.4, -0.2) is 23.7 Å². The highest BCUT2D eigenvalue weighted by Crippen LogP contribution is 2.29. The summed E-state index contributed by atoms with van der Waals surface area (Å²) in [7, 11) is 1.47. The second-order valence-electron chi connectivity index (χ2n) is 3.06. The van der Waals surface area contributed by atoms with Gasteiger partial charge in [-0.3, -0.25) is 10.1 Å². The molecule has 0 spiro atoms. The van der Waals surface area contributed by atoms with Gasteiger partial charge in [-0.15, -0.1) is 0 Å². The van der Waals surface area contributed by atoms with E-state index >= 15 is 0 Å². The molecule has 0 aliphatic carbocycles. The molecular weight excluding hydrogens is 198 g/mol. The van der Waals surface area contributed by atoms with E-state index in [1.807, 2.05) is 0 Å². The molecule has 1 unspecified atom stereocenters. The van der Waals surface area contributed by atoms with Crippen molar-refractivity contribution in [1.82, 2.24) is 0 Å². The predicted molar refractivity (Wildman–Crippen MR) is 54.8 cm³/mol. The topological polar surface area (TPSA) is 72.6 Å². The summed E-state index contributed by atoms with van der Waals surface area (Å²) in [5.74, 6) is -0.0156. The van der Waals surface area contributed by atoms with Gasteiger partial charge >= 0.3 is 0 Å². The van der Waals surface area contributed by atoms with Crippen molar-refractivity contribution in [3.05, 3.63) is 40.8 Å². The minimum atomic E-state index is -0.527. The second-order valence-corrected chi connectivity index (χ2v) is 3.06. The van der Waals surface area contributed by atoms with Gasteiger partial charge in [0, 0.05) is 17.5 Å². The number of aliphatic hydroxyl groups excluding tert-OH is 1. The predicted octanol–water partition coefficient (Wildman–Crippen LogP) is 1.51. The number of aliphatic hydroxyl groups is 1. The Hall–Kier alpha value is -1.62. The number of hydrogen-bond donors (Lipinski definition) is 1. The van der Waals surface area contributed by atoms with Crippen LogP contribution in [0.2, 0.25) is 0 Å². The van der Waals surface area contributed by atoms with Crippen LogP contribution in [0.15, 0.2) is 18.2 Å². The van der Waals surface area contributed by atoms with Gasteiger partial charge in [0.2, 0.25) is 0 Å². The molecule has 0 amide bonds. The maximum atomic E-state index is 10.7. The summed E-state index contributed by atoms with van der Waals surface area (Å²) in [6.07, 6.45) is 0. The van der Waals surface area contributed by atoms with E-state index in [0.717, 1.165) is 0 Å². The average molecular weight is 210 g/mol. The fourth-order valence-electron chi connectivity index (χ4n) is 1.25. The molecule has 1 radical (unpaired) electrons. The standard InChI is InChI=1S/C10H12NO4/c1-7(6-12)9-5-8(15-2)3-4-10(9)11(13)14/h3-5,7,12H,1,6H2,2H3. The maximum Gasteiger partial charge on any atom is 0.273 e. The van der Waals surface area contributed by atoms with Gasteiger partial charge in [0.15, 0.2) is 0 Å². The fraction of sp³-hybridized carbons (Fsp3) is 0.300. The van der Waals surface area contributed by atoms with E-state index < -0.39 is 10.8 Å². The van der Waals surface area contributed by atoms with Crippen molar-refractivity contribution in [2.24, 2.45) is 0 Å². The maximum absolute atomic E-state index is 10.7. The molecule has 0 saturated heterocycles. The first-order valence-electron chi connectivity index (χ1n) is 4.36. The molecule has 0 fully saturated rings. The third-order valence-electron chi connectivity index (χ3n) is 2.09. The molecule has 0 aromatic heterocycles. The Bertz CT molecular complexity index is 364. The molecule has 0 aliphatic heterocycles. The Balaban J connectivity index is 3.22. The number of nitrogens with zero attached hydrogens (tertiary/aromatic N) is 1. The minimum absolute atomic E-state index is 0.0511. The van der Waals surface area contributed by atoms with Crippen molar-refractivity contribution >= 4 is 5.69 Å².